The Labute approximate surface area is 190 Å². The molecule has 1 amide bonds. The van der Waals surface area contributed by atoms with Crippen molar-refractivity contribution in [3.8, 4) is 0 Å². The molecule has 5 rings (SSSR count). The molecule has 0 bridgehead atoms. The van der Waals surface area contributed by atoms with E-state index in [9.17, 15) is 4.79 Å². The van der Waals surface area contributed by atoms with Gasteiger partial charge >= 0.3 is 0 Å². The number of anilines is 4. The fraction of sp³-hybridized carbons (Fsp3) is 0.250. The second-order valence-corrected chi connectivity index (χ2v) is 8.91. The number of para-hydroxylation sites is 1. The van der Waals surface area contributed by atoms with E-state index in [1.54, 1.807) is 0 Å². The van der Waals surface area contributed by atoms with E-state index in [0.29, 0.717) is 16.6 Å². The smallest absolute Gasteiger partial charge is 0.284 e. The number of aryl methyl sites for hydroxylation is 1. The summed E-state index contributed by atoms with van der Waals surface area (Å²) < 4.78 is 0.999. The van der Waals surface area contributed by atoms with Crippen LogP contribution in [0.3, 0.4) is 0 Å². The van der Waals surface area contributed by atoms with E-state index < -0.39 is 0 Å². The maximum atomic E-state index is 12.6. The third kappa shape index (κ3) is 4.55. The summed E-state index contributed by atoms with van der Waals surface area (Å²) in [7, 11) is 0. The third-order valence-corrected chi connectivity index (χ3v) is 6.44. The Balaban J connectivity index is 1.26. The molecule has 0 aliphatic carbocycles. The molecule has 0 radical (unpaired) electrons. The molecule has 0 saturated carbocycles. The van der Waals surface area contributed by atoms with Gasteiger partial charge in [0.1, 0.15) is 5.82 Å². The number of fused-ring (bicyclic) bond motifs is 1. The molecule has 1 fully saturated rings. The lowest BCUT2D eigenvalue weighted by Gasteiger charge is -2.28. The van der Waals surface area contributed by atoms with Crippen LogP contribution in [-0.2, 0) is 0 Å². The Morgan fingerprint density at radius 3 is 2.47 bits per heavy atom. The molecule has 7 nitrogen and oxygen atoms in total. The van der Waals surface area contributed by atoms with Crippen LogP contribution in [0.1, 0.15) is 34.8 Å². The maximum Gasteiger partial charge on any atom is 0.284 e. The van der Waals surface area contributed by atoms with E-state index in [1.807, 2.05) is 61.5 Å². The predicted octanol–water partition coefficient (Wildman–Crippen LogP) is 5.38. The van der Waals surface area contributed by atoms with E-state index in [0.717, 1.165) is 40.5 Å². The zero-order chi connectivity index (χ0) is 21.9. The van der Waals surface area contributed by atoms with Gasteiger partial charge in [0, 0.05) is 36.2 Å². The Bertz CT molecular complexity index is 1210. The summed E-state index contributed by atoms with van der Waals surface area (Å²) >= 11 is 1.39. The standard InChI is InChI=1S/C24H24N6OS/c1-16-15-21(30-13-5-2-6-14-30)29-24(25-16)27-18-11-9-17(10-12-18)26-22(31)23-28-19-7-3-4-8-20(19)32-23/h3-4,7-12,15H,2,5-6,13-14H2,1H3,(H,26,31)(H,25,27,29). The molecular formula is C24H24N6OS. The molecule has 1 aliphatic heterocycles. The van der Waals surface area contributed by atoms with E-state index in [-0.39, 0.29) is 5.91 Å². The number of hydrogen-bond acceptors (Lipinski definition) is 7. The first-order valence-electron chi connectivity index (χ1n) is 10.8. The first-order chi connectivity index (χ1) is 15.6. The number of nitrogens with one attached hydrogen (secondary N) is 2. The number of carbonyl (C=O) groups excluding carboxylic acids is 1. The summed E-state index contributed by atoms with van der Waals surface area (Å²) in [4.78, 5) is 28.6. The van der Waals surface area contributed by atoms with Gasteiger partial charge in [0.05, 0.1) is 10.2 Å². The molecule has 2 aromatic carbocycles. The summed E-state index contributed by atoms with van der Waals surface area (Å²) in [6.07, 6.45) is 3.69. The van der Waals surface area contributed by atoms with Crippen LogP contribution in [0.15, 0.2) is 54.6 Å². The van der Waals surface area contributed by atoms with Crippen molar-refractivity contribution in [2.45, 2.75) is 26.2 Å². The second-order valence-electron chi connectivity index (χ2n) is 7.88. The number of piperidine rings is 1. The molecule has 2 N–H and O–H groups in total. The van der Waals surface area contributed by atoms with Crippen molar-refractivity contribution in [3.63, 3.8) is 0 Å². The third-order valence-electron chi connectivity index (χ3n) is 5.41. The lowest BCUT2D eigenvalue weighted by atomic mass is 10.1. The Morgan fingerprint density at radius 2 is 1.69 bits per heavy atom. The summed E-state index contributed by atoms with van der Waals surface area (Å²) in [5.41, 5.74) is 3.34. The Kier molecular flexibility index (Phi) is 5.68. The topological polar surface area (TPSA) is 83.0 Å². The van der Waals surface area contributed by atoms with Gasteiger partial charge in [-0.05, 0) is 62.6 Å². The quantitative estimate of drug-likeness (QED) is 0.430. The lowest BCUT2D eigenvalue weighted by Crippen LogP contribution is -2.30. The van der Waals surface area contributed by atoms with E-state index >= 15 is 0 Å². The van der Waals surface area contributed by atoms with Crippen molar-refractivity contribution in [1.82, 2.24) is 15.0 Å². The molecule has 8 heteroatoms. The SMILES string of the molecule is Cc1cc(N2CCCCC2)nc(Nc2ccc(NC(=O)c3nc4ccccc4s3)cc2)n1. The Morgan fingerprint density at radius 1 is 0.938 bits per heavy atom. The number of amides is 1. The molecular weight excluding hydrogens is 420 g/mol. The maximum absolute atomic E-state index is 12.6. The number of hydrogen-bond donors (Lipinski definition) is 2. The van der Waals surface area contributed by atoms with Crippen LogP contribution >= 0.6 is 11.3 Å². The first kappa shape index (κ1) is 20.4. The van der Waals surface area contributed by atoms with Crippen molar-refractivity contribution in [1.29, 1.82) is 0 Å². The van der Waals surface area contributed by atoms with Gasteiger partial charge in [-0.3, -0.25) is 4.79 Å². The zero-order valence-corrected chi connectivity index (χ0v) is 18.7. The molecule has 3 heterocycles. The van der Waals surface area contributed by atoms with Gasteiger partial charge in [0.2, 0.25) is 5.95 Å². The van der Waals surface area contributed by atoms with Crippen molar-refractivity contribution in [3.05, 3.63) is 65.3 Å². The fourth-order valence-electron chi connectivity index (χ4n) is 3.81. The van der Waals surface area contributed by atoms with Crippen LogP contribution in [0.4, 0.5) is 23.1 Å². The lowest BCUT2D eigenvalue weighted by molar-refractivity contribution is 0.102. The highest BCUT2D eigenvalue weighted by molar-refractivity contribution is 7.20. The average Bonchev–Trinajstić information content (AvgIpc) is 3.25. The molecule has 162 valence electrons. The highest BCUT2D eigenvalue weighted by Crippen LogP contribution is 2.24. The minimum atomic E-state index is -0.208. The van der Waals surface area contributed by atoms with Crippen LogP contribution in [0, 0.1) is 6.92 Å². The van der Waals surface area contributed by atoms with Crippen LogP contribution < -0.4 is 15.5 Å². The van der Waals surface area contributed by atoms with Crippen molar-refractivity contribution < 1.29 is 4.79 Å². The van der Waals surface area contributed by atoms with Gasteiger partial charge in [0.25, 0.3) is 5.91 Å². The van der Waals surface area contributed by atoms with Crippen LogP contribution in [0.2, 0.25) is 0 Å². The van der Waals surface area contributed by atoms with Crippen molar-refractivity contribution in [2.24, 2.45) is 0 Å². The predicted molar refractivity (Wildman–Crippen MR) is 130 cm³/mol. The van der Waals surface area contributed by atoms with Gasteiger partial charge in [-0.25, -0.2) is 9.97 Å². The minimum absolute atomic E-state index is 0.208. The number of nitrogens with zero attached hydrogens (tertiary/aromatic N) is 4. The second kappa shape index (κ2) is 8.92. The average molecular weight is 445 g/mol. The molecule has 4 aromatic rings. The summed E-state index contributed by atoms with van der Waals surface area (Å²) in [6, 6.07) is 17.3. The van der Waals surface area contributed by atoms with Gasteiger partial charge in [-0.1, -0.05) is 12.1 Å². The molecule has 0 unspecified atom stereocenters. The van der Waals surface area contributed by atoms with Gasteiger partial charge in [0.15, 0.2) is 5.01 Å². The number of benzene rings is 2. The summed E-state index contributed by atoms with van der Waals surface area (Å²) in [5.74, 6) is 1.34. The van der Waals surface area contributed by atoms with Crippen LogP contribution in [0.25, 0.3) is 10.2 Å². The van der Waals surface area contributed by atoms with E-state index in [4.69, 9.17) is 4.98 Å². The van der Waals surface area contributed by atoms with Crippen molar-refractivity contribution >= 4 is 50.6 Å². The van der Waals surface area contributed by atoms with E-state index in [2.05, 4.69) is 25.5 Å². The van der Waals surface area contributed by atoms with Gasteiger partial charge in [-0.15, -0.1) is 11.3 Å². The highest BCUT2D eigenvalue weighted by atomic mass is 32.1. The molecule has 32 heavy (non-hydrogen) atoms. The first-order valence-corrected chi connectivity index (χ1v) is 11.6. The zero-order valence-electron chi connectivity index (χ0n) is 17.8. The number of aromatic nitrogens is 3. The number of thiazole rings is 1. The number of carbonyl (C=O) groups is 1. The van der Waals surface area contributed by atoms with E-state index in [1.165, 1.54) is 30.6 Å². The van der Waals surface area contributed by atoms with Crippen molar-refractivity contribution in [2.75, 3.05) is 28.6 Å². The molecule has 1 saturated heterocycles. The minimum Gasteiger partial charge on any atom is -0.356 e. The largest absolute Gasteiger partial charge is 0.356 e. The monoisotopic (exact) mass is 444 g/mol. The fourth-order valence-corrected chi connectivity index (χ4v) is 4.67. The van der Waals surface area contributed by atoms with Crippen LogP contribution in [-0.4, -0.2) is 33.9 Å². The summed E-state index contributed by atoms with van der Waals surface area (Å²) in [5, 5.41) is 6.65. The number of rotatable bonds is 5. The van der Waals surface area contributed by atoms with Gasteiger partial charge in [-0.2, -0.15) is 4.98 Å². The molecule has 1 aliphatic rings. The normalized spacial score (nSPS) is 13.8. The van der Waals surface area contributed by atoms with Gasteiger partial charge < -0.3 is 15.5 Å². The highest BCUT2D eigenvalue weighted by Gasteiger charge is 2.15. The molecule has 0 atom stereocenters. The molecule has 0 spiro atoms. The van der Waals surface area contributed by atoms with Crippen LogP contribution in [0.5, 0.6) is 0 Å². The summed E-state index contributed by atoms with van der Waals surface area (Å²) in [6.45, 7) is 4.07. The molecule has 2 aromatic heterocycles. The Hall–Kier alpha value is -3.52.